The van der Waals surface area contributed by atoms with Gasteiger partial charge < -0.3 is 10.1 Å². The summed E-state index contributed by atoms with van der Waals surface area (Å²) in [7, 11) is 0. The van der Waals surface area contributed by atoms with E-state index in [2.05, 4.69) is 32.9 Å². The van der Waals surface area contributed by atoms with Gasteiger partial charge in [0.05, 0.1) is 0 Å². The second-order valence-corrected chi connectivity index (χ2v) is 4.65. The van der Waals surface area contributed by atoms with Gasteiger partial charge in [0.25, 0.3) is 5.91 Å². The predicted octanol–water partition coefficient (Wildman–Crippen LogP) is 1.80. The fourth-order valence-electron chi connectivity index (χ4n) is 1.17. The summed E-state index contributed by atoms with van der Waals surface area (Å²) < 4.78 is 6.33. The standard InChI is InChI=1S/C9H9IN2O2/c1-9(2)8(13)12-7-5(14-9)3-4-6(10)11-7/h3-4H,1-2H3,(H,11,12,13). The molecule has 4 nitrogen and oxygen atoms in total. The smallest absolute Gasteiger partial charge is 0.269 e. The van der Waals surface area contributed by atoms with Crippen LogP contribution < -0.4 is 10.1 Å². The van der Waals surface area contributed by atoms with Gasteiger partial charge in [-0.1, -0.05) is 0 Å². The lowest BCUT2D eigenvalue weighted by Crippen LogP contribution is -2.46. The molecule has 2 heterocycles. The molecule has 0 saturated heterocycles. The largest absolute Gasteiger partial charge is 0.474 e. The minimum Gasteiger partial charge on any atom is -0.474 e. The average Bonchev–Trinajstić information content (AvgIpc) is 2.08. The molecule has 1 N–H and O–H groups in total. The SMILES string of the molecule is CC1(C)Oc2ccc(I)nc2NC1=O. The van der Waals surface area contributed by atoms with Crippen molar-refractivity contribution < 1.29 is 9.53 Å². The summed E-state index contributed by atoms with van der Waals surface area (Å²) in [5.41, 5.74) is -0.818. The number of nitrogens with zero attached hydrogens (tertiary/aromatic N) is 1. The zero-order valence-corrected chi connectivity index (χ0v) is 9.95. The van der Waals surface area contributed by atoms with Gasteiger partial charge in [0.1, 0.15) is 3.70 Å². The number of amides is 1. The zero-order chi connectivity index (χ0) is 10.3. The molecule has 0 spiro atoms. The third kappa shape index (κ3) is 1.56. The third-order valence-corrected chi connectivity index (χ3v) is 2.57. The van der Waals surface area contributed by atoms with Gasteiger partial charge in [0.2, 0.25) is 0 Å². The highest BCUT2D eigenvalue weighted by Gasteiger charge is 2.35. The second kappa shape index (κ2) is 3.08. The number of aromatic nitrogens is 1. The fourth-order valence-corrected chi connectivity index (χ4v) is 1.59. The van der Waals surface area contributed by atoms with Crippen LogP contribution in [-0.2, 0) is 4.79 Å². The molecule has 1 aliphatic heterocycles. The number of fused-ring (bicyclic) bond motifs is 1. The maximum atomic E-state index is 11.5. The molecule has 5 heteroatoms. The molecule has 0 aromatic carbocycles. The van der Waals surface area contributed by atoms with Crippen LogP contribution in [0.25, 0.3) is 0 Å². The van der Waals surface area contributed by atoms with E-state index in [0.29, 0.717) is 11.6 Å². The van der Waals surface area contributed by atoms with Gasteiger partial charge in [-0.25, -0.2) is 4.98 Å². The van der Waals surface area contributed by atoms with Crippen molar-refractivity contribution in [2.24, 2.45) is 0 Å². The number of nitrogens with one attached hydrogen (secondary N) is 1. The van der Waals surface area contributed by atoms with Gasteiger partial charge in [-0.3, -0.25) is 4.79 Å². The Bertz CT molecular complexity index is 404. The lowest BCUT2D eigenvalue weighted by molar-refractivity contribution is -0.129. The highest BCUT2D eigenvalue weighted by Crippen LogP contribution is 2.31. The Labute approximate surface area is 95.2 Å². The van der Waals surface area contributed by atoms with Crippen LogP contribution in [0.5, 0.6) is 5.75 Å². The molecule has 1 amide bonds. The van der Waals surface area contributed by atoms with Crippen LogP contribution in [0.1, 0.15) is 13.8 Å². The Morgan fingerprint density at radius 1 is 1.50 bits per heavy atom. The topological polar surface area (TPSA) is 51.2 Å². The van der Waals surface area contributed by atoms with Gasteiger partial charge in [0, 0.05) is 0 Å². The molecule has 2 rings (SSSR count). The molecule has 0 bridgehead atoms. The Morgan fingerprint density at radius 3 is 2.93 bits per heavy atom. The van der Waals surface area contributed by atoms with E-state index >= 15 is 0 Å². The Hall–Kier alpha value is -0.850. The zero-order valence-electron chi connectivity index (χ0n) is 7.80. The van der Waals surface area contributed by atoms with E-state index < -0.39 is 5.60 Å². The first-order valence-electron chi connectivity index (χ1n) is 4.16. The van der Waals surface area contributed by atoms with Crippen molar-refractivity contribution in [3.63, 3.8) is 0 Å². The van der Waals surface area contributed by atoms with E-state index in [4.69, 9.17) is 4.74 Å². The summed E-state index contributed by atoms with van der Waals surface area (Å²) in [6.07, 6.45) is 0. The van der Waals surface area contributed by atoms with Gasteiger partial charge in [-0.15, -0.1) is 0 Å². The minimum absolute atomic E-state index is 0.167. The summed E-state index contributed by atoms with van der Waals surface area (Å²) >= 11 is 2.08. The van der Waals surface area contributed by atoms with Crippen molar-refractivity contribution in [2.45, 2.75) is 19.4 Å². The van der Waals surface area contributed by atoms with Crippen molar-refractivity contribution in [1.29, 1.82) is 0 Å². The van der Waals surface area contributed by atoms with Crippen molar-refractivity contribution in [1.82, 2.24) is 4.98 Å². The van der Waals surface area contributed by atoms with Crippen LogP contribution in [0.15, 0.2) is 12.1 Å². The molecule has 0 unspecified atom stereocenters. The molecule has 0 saturated carbocycles. The van der Waals surface area contributed by atoms with E-state index in [-0.39, 0.29) is 5.91 Å². The minimum atomic E-state index is -0.818. The third-order valence-electron chi connectivity index (χ3n) is 1.97. The van der Waals surface area contributed by atoms with Gasteiger partial charge in [-0.05, 0) is 48.6 Å². The Balaban J connectivity index is 2.46. The van der Waals surface area contributed by atoms with Gasteiger partial charge in [-0.2, -0.15) is 0 Å². The molecule has 0 fully saturated rings. The summed E-state index contributed by atoms with van der Waals surface area (Å²) in [5.74, 6) is 0.954. The number of pyridine rings is 1. The number of rotatable bonds is 0. The molecular formula is C9H9IN2O2. The lowest BCUT2D eigenvalue weighted by Gasteiger charge is -2.30. The molecule has 74 valence electrons. The Kier molecular flexibility index (Phi) is 2.13. The highest BCUT2D eigenvalue weighted by molar-refractivity contribution is 14.1. The maximum absolute atomic E-state index is 11.5. The summed E-state index contributed by atoms with van der Waals surface area (Å²) in [6.45, 7) is 3.45. The van der Waals surface area contributed by atoms with Crippen LogP contribution in [0.4, 0.5) is 5.82 Å². The molecule has 14 heavy (non-hydrogen) atoms. The van der Waals surface area contributed by atoms with Crippen molar-refractivity contribution >= 4 is 34.3 Å². The second-order valence-electron chi connectivity index (χ2n) is 3.55. The first-order valence-corrected chi connectivity index (χ1v) is 5.24. The number of hydrogen-bond donors (Lipinski definition) is 1. The van der Waals surface area contributed by atoms with Crippen molar-refractivity contribution in [2.75, 3.05) is 5.32 Å². The monoisotopic (exact) mass is 304 g/mol. The van der Waals surface area contributed by atoms with E-state index in [0.717, 1.165) is 3.70 Å². The molecule has 0 atom stereocenters. The van der Waals surface area contributed by atoms with E-state index in [1.807, 2.05) is 12.1 Å². The van der Waals surface area contributed by atoms with E-state index in [1.54, 1.807) is 13.8 Å². The number of carbonyl (C=O) groups excluding carboxylic acids is 1. The fraction of sp³-hybridized carbons (Fsp3) is 0.333. The van der Waals surface area contributed by atoms with Gasteiger partial charge in [0.15, 0.2) is 17.2 Å². The van der Waals surface area contributed by atoms with Crippen LogP contribution in [-0.4, -0.2) is 16.5 Å². The normalized spacial score (nSPS) is 18.1. The number of hydrogen-bond acceptors (Lipinski definition) is 3. The van der Waals surface area contributed by atoms with Crippen LogP contribution >= 0.6 is 22.6 Å². The van der Waals surface area contributed by atoms with Crippen molar-refractivity contribution in [3.8, 4) is 5.75 Å². The highest BCUT2D eigenvalue weighted by atomic mass is 127. The van der Waals surface area contributed by atoms with E-state index in [1.165, 1.54) is 0 Å². The van der Waals surface area contributed by atoms with E-state index in [9.17, 15) is 4.79 Å². The first kappa shape index (κ1) is 9.70. The van der Waals surface area contributed by atoms with Crippen molar-refractivity contribution in [3.05, 3.63) is 15.8 Å². The maximum Gasteiger partial charge on any atom is 0.269 e. The molecule has 1 aromatic rings. The molecule has 1 aromatic heterocycles. The summed E-state index contributed by atoms with van der Waals surface area (Å²) in [4.78, 5) is 15.7. The van der Waals surface area contributed by atoms with Crippen LogP contribution in [0, 0.1) is 3.70 Å². The summed E-state index contributed by atoms with van der Waals surface area (Å²) in [6, 6.07) is 3.65. The number of halogens is 1. The number of carbonyl (C=O) groups is 1. The first-order chi connectivity index (χ1) is 6.49. The van der Waals surface area contributed by atoms with Crippen LogP contribution in [0.3, 0.4) is 0 Å². The number of anilines is 1. The molecular weight excluding hydrogens is 295 g/mol. The molecule has 0 aliphatic carbocycles. The predicted molar refractivity (Wildman–Crippen MR) is 60.3 cm³/mol. The number of ether oxygens (including phenoxy) is 1. The van der Waals surface area contributed by atoms with Gasteiger partial charge >= 0.3 is 0 Å². The lowest BCUT2D eigenvalue weighted by atomic mass is 10.1. The molecule has 0 radical (unpaired) electrons. The summed E-state index contributed by atoms with van der Waals surface area (Å²) in [5, 5.41) is 2.71. The quantitative estimate of drug-likeness (QED) is 0.587. The molecule has 1 aliphatic rings. The van der Waals surface area contributed by atoms with Crippen LogP contribution in [0.2, 0.25) is 0 Å². The Morgan fingerprint density at radius 2 is 2.21 bits per heavy atom. The average molecular weight is 304 g/mol.